The molecule has 7 N–H and O–H groups in total. The van der Waals surface area contributed by atoms with E-state index >= 15 is 9.59 Å². The lowest BCUT2D eigenvalue weighted by atomic mass is 9.44. The van der Waals surface area contributed by atoms with Gasteiger partial charge < -0.3 is 93.0 Å². The second kappa shape index (κ2) is 42.8. The molecule has 2 aliphatic heterocycles. The fourth-order valence-corrected chi connectivity index (χ4v) is 21.0. The van der Waals surface area contributed by atoms with Gasteiger partial charge >= 0.3 is 65.7 Å². The van der Waals surface area contributed by atoms with E-state index in [1.165, 1.54) is 52.0 Å². The zero-order valence-corrected chi connectivity index (χ0v) is 79.1. The molecule has 4 saturated carbocycles. The van der Waals surface area contributed by atoms with Crippen LogP contribution in [-0.2, 0) is 110 Å². The van der Waals surface area contributed by atoms with Gasteiger partial charge in [-0.25, -0.2) is 19.2 Å². The van der Waals surface area contributed by atoms with Gasteiger partial charge in [0.15, 0.2) is 41.1 Å². The molecule has 2 saturated heterocycles. The smallest absolute Gasteiger partial charge is 0.350 e. The number of benzene rings is 6. The molecule has 0 spiro atoms. The van der Waals surface area contributed by atoms with Crippen LogP contribution in [0.15, 0.2) is 204 Å². The number of amides is 2. The maximum absolute atomic E-state index is 15.6. The zero-order valence-electron chi connectivity index (χ0n) is 76.8. The fraction of sp³-hybridized carbons (Fsp3) is 0.455. The average molecular weight is 1970 g/mol. The topological polar surface area (TPSA) is 492 Å². The van der Waals surface area contributed by atoms with E-state index in [1.807, 2.05) is 0 Å². The molecular weight excluding hydrogens is 1860 g/mol. The number of ether oxygens (including phenoxy) is 12. The Labute approximate surface area is 810 Å². The van der Waals surface area contributed by atoms with Crippen molar-refractivity contribution in [2.24, 2.45) is 33.5 Å². The molecule has 37 heteroatoms. The van der Waals surface area contributed by atoms with E-state index in [9.17, 15) is 87.9 Å². The summed E-state index contributed by atoms with van der Waals surface area (Å²) in [7, 11) is 0. The standard InChI is InChI=1S/C49H52ClNO15.C47H51NO14.C4H4Cl2O3.CH4/c1-26-32(63-45(59)39(64-35(55)24-50)37(29-16-10-7-11-17-29)51-43(57)30-18-12-8-13-19-30)23-49(60)42(65-44(58)31-20-14-9-15-21-31)40-47(6,33(54)22-34-48(40,25-61-34)66-28(3)53)41(56)38(62-27(2)52)36(26)46(49,4)5;1-25-31(60-43(56)36(52)35(28-16-10-7-11-17-28)48-41(54)29-18-12-8-13-19-29)23-47(57)40(61-42(55)30-20-14-9-15-21-30)38-45(6,32(51)22-33-46(38,24-58-33)62-27(3)50)39(53)37(59-26(2)49)34(25)44(47,4)5;5-1-3(7)9-4(8)2-6;/h7-21,32-34,37-40,42,54,60H,22-25H2,1-6H3,(H,51,57);7-21,31-33,35-38,40,51-52,57H,22-24H2,1-6H3,(H,48,54);1-2H2;1H4/t32-,33-,34?,37-,38+,39+,40?,42-,47+,48-,49+;31-,32-,33?,35-,36+,37+,38?,40-,45+,46-,47+;;/m00../s1. The third-order valence-corrected chi connectivity index (χ3v) is 28.4. The monoisotopic (exact) mass is 1970 g/mol. The largest absolute Gasteiger partial charge is 0.456 e. The van der Waals surface area contributed by atoms with Gasteiger partial charge in [-0.15, -0.1) is 34.8 Å². The number of halogens is 3. The number of carbonyl (C=O) groups is 15. The van der Waals surface area contributed by atoms with Crippen LogP contribution in [0.5, 0.6) is 0 Å². The van der Waals surface area contributed by atoms with Gasteiger partial charge in [0.1, 0.15) is 71.5 Å². The summed E-state index contributed by atoms with van der Waals surface area (Å²) in [5.41, 5.74) is -14.4. The van der Waals surface area contributed by atoms with Crippen molar-refractivity contribution in [3.63, 3.8) is 0 Å². The summed E-state index contributed by atoms with van der Waals surface area (Å²) in [6.45, 7) is 15.8. The molecule has 34 nitrogen and oxygen atoms in total. The molecule has 6 fully saturated rings. The Bertz CT molecular complexity index is 5660. The van der Waals surface area contributed by atoms with Crippen LogP contribution in [0.25, 0.3) is 0 Å². The summed E-state index contributed by atoms with van der Waals surface area (Å²) >= 11 is 15.9. The molecule has 2 amide bonds. The molecule has 0 aromatic heterocycles. The first-order chi connectivity index (χ1) is 64.7. The quantitative estimate of drug-likeness (QED) is 0.00974. The van der Waals surface area contributed by atoms with Gasteiger partial charge in [-0.05, 0) is 110 Å². The molecule has 6 aromatic rings. The molecule has 14 rings (SSSR count). The van der Waals surface area contributed by atoms with Crippen molar-refractivity contribution in [1.29, 1.82) is 0 Å². The lowest BCUT2D eigenvalue weighted by Crippen LogP contribution is -2.82. The van der Waals surface area contributed by atoms with Gasteiger partial charge in [0, 0.05) is 75.3 Å². The number of aliphatic hydroxyl groups excluding tert-OH is 3. The van der Waals surface area contributed by atoms with Crippen molar-refractivity contribution in [3.05, 3.63) is 238 Å². The highest BCUT2D eigenvalue weighted by Gasteiger charge is 2.81. The highest BCUT2D eigenvalue weighted by atomic mass is 35.5. The minimum Gasteiger partial charge on any atom is -0.456 e. The number of rotatable bonds is 24. The van der Waals surface area contributed by atoms with Gasteiger partial charge in [-0.3, -0.25) is 52.7 Å². The molecule has 22 atom stereocenters. The van der Waals surface area contributed by atoms with E-state index in [0.717, 1.165) is 27.7 Å². The van der Waals surface area contributed by atoms with Crippen LogP contribution in [0, 0.1) is 33.5 Å². The number of aliphatic hydroxyl groups is 5. The second-order valence-corrected chi connectivity index (χ2v) is 37.2. The van der Waals surface area contributed by atoms with Crippen molar-refractivity contribution >= 4 is 124 Å². The number of hydrogen-bond acceptors (Lipinski definition) is 32. The van der Waals surface area contributed by atoms with Crippen molar-refractivity contribution in [3.8, 4) is 0 Å². The van der Waals surface area contributed by atoms with Crippen molar-refractivity contribution in [1.82, 2.24) is 10.6 Å². The first-order valence-corrected chi connectivity index (χ1v) is 45.6. The van der Waals surface area contributed by atoms with Crippen LogP contribution < -0.4 is 10.6 Å². The van der Waals surface area contributed by atoms with E-state index in [-0.39, 0.29) is 89.8 Å². The maximum Gasteiger partial charge on any atom is 0.350 e. The van der Waals surface area contributed by atoms with E-state index in [4.69, 9.17) is 86.9 Å². The number of fused-ring (bicyclic) bond motifs is 10. The molecule has 2 heterocycles. The second-order valence-electron chi connectivity index (χ2n) is 36.4. The average Bonchev–Trinajstić information content (AvgIpc) is 0.670. The van der Waals surface area contributed by atoms with Crippen LogP contribution in [0.1, 0.15) is 181 Å². The number of Topliss-reactive ketones (excluding diaryl/α,β-unsaturated/α-hetero) is 2. The van der Waals surface area contributed by atoms with Crippen molar-refractivity contribution in [2.75, 3.05) is 30.9 Å². The third-order valence-electron chi connectivity index (χ3n) is 27.8. The Hall–Kier alpha value is -12.0. The Morgan fingerprint density at radius 2 is 0.754 bits per heavy atom. The summed E-state index contributed by atoms with van der Waals surface area (Å²) in [5, 5.41) is 69.0. The van der Waals surface area contributed by atoms with Crippen LogP contribution in [0.4, 0.5) is 0 Å². The fourth-order valence-electron chi connectivity index (χ4n) is 20.8. The maximum atomic E-state index is 15.6. The minimum atomic E-state index is -2.45. The number of carbonyl (C=O) groups excluding carboxylic acids is 15. The third kappa shape index (κ3) is 20.3. The zero-order chi connectivity index (χ0) is 100. The summed E-state index contributed by atoms with van der Waals surface area (Å²) < 4.78 is 70.5. The number of ketones is 2. The van der Waals surface area contributed by atoms with E-state index in [2.05, 4.69) is 15.4 Å². The van der Waals surface area contributed by atoms with Gasteiger partial charge in [0.2, 0.25) is 6.10 Å². The number of alkyl halides is 3. The Kier molecular flexibility index (Phi) is 33.0. The SMILES string of the molecule is C.CC(=O)O[C@H]1C(=O)[C@@]2(C)C([C@H](OC(=O)c3ccccc3)[C@]3(O)C[C@H](OC(=O)[C@H](O)[C@@H](NC(=O)c4ccccc4)c4ccccc4)C(C)=C1C3(C)C)[C@]1(OC(C)=O)COC1C[C@@H]2O.CC(=O)O[C@H]1C(=O)[C@@]2(C)C([C@H](OC(=O)c3ccccc3)[C@]3(O)C[C@H](OC(=O)[C@H](OC(=O)CCl)[C@@H](NC(=O)c4ccccc4)c4ccccc4)C(C)=C1C3(C)C)[C@]1(OC(C)=O)COC1C[C@@H]2O.O=C(CCl)OC(=O)CCl. The lowest BCUT2D eigenvalue weighted by Gasteiger charge is -2.67. The molecule has 738 valence electrons. The molecular formula is C101H111Cl3N2O32. The predicted octanol–water partition coefficient (Wildman–Crippen LogP) is 9.43. The summed E-state index contributed by atoms with van der Waals surface area (Å²) in [6.07, 6.45) is -21.2. The highest BCUT2D eigenvalue weighted by molar-refractivity contribution is 6.29. The van der Waals surface area contributed by atoms with Gasteiger partial charge in [-0.1, -0.05) is 169 Å². The van der Waals surface area contributed by atoms with Crippen molar-refractivity contribution in [2.45, 2.75) is 224 Å². The van der Waals surface area contributed by atoms with Crippen molar-refractivity contribution < 1.29 is 154 Å². The van der Waals surface area contributed by atoms with E-state index in [1.54, 1.807) is 185 Å². The Balaban J connectivity index is 0.000000241. The first-order valence-electron chi connectivity index (χ1n) is 44.0. The Morgan fingerprint density at radius 3 is 1.07 bits per heavy atom. The van der Waals surface area contributed by atoms with E-state index in [0.29, 0.717) is 11.1 Å². The number of hydrogen-bond donors (Lipinski definition) is 7. The minimum absolute atomic E-state index is 0. The van der Waals surface area contributed by atoms with Crippen LogP contribution >= 0.6 is 34.8 Å². The van der Waals surface area contributed by atoms with Gasteiger partial charge in [-0.2, -0.15) is 0 Å². The lowest BCUT2D eigenvalue weighted by molar-refractivity contribution is -0.346. The van der Waals surface area contributed by atoms with Crippen LogP contribution in [0.3, 0.4) is 0 Å². The predicted molar refractivity (Wildman–Crippen MR) is 489 cm³/mol. The summed E-state index contributed by atoms with van der Waals surface area (Å²) in [6, 6.07) is 45.6. The molecule has 138 heavy (non-hydrogen) atoms. The first kappa shape index (κ1) is 106. The summed E-state index contributed by atoms with van der Waals surface area (Å²) in [5.74, 6) is -17.8. The van der Waals surface area contributed by atoms with E-state index < -0.39 is 249 Å². The van der Waals surface area contributed by atoms with Gasteiger partial charge in [0.25, 0.3) is 11.8 Å². The molecule has 0 radical (unpaired) electrons. The molecule has 4 bridgehead atoms. The molecule has 8 aliphatic rings. The molecule has 6 aromatic carbocycles. The normalized spacial score (nSPS) is 29.5. The van der Waals surface area contributed by atoms with Crippen LogP contribution in [-0.4, -0.2) is 241 Å². The number of esters is 11. The molecule has 4 unspecified atom stereocenters. The van der Waals surface area contributed by atoms with Gasteiger partial charge in [0.05, 0.1) is 65.3 Å². The molecule has 6 aliphatic carbocycles. The summed E-state index contributed by atoms with van der Waals surface area (Å²) in [4.78, 5) is 202. The highest BCUT2D eigenvalue weighted by Crippen LogP contribution is 2.67. The van der Waals surface area contributed by atoms with Crippen LogP contribution in [0.2, 0.25) is 0 Å². The Morgan fingerprint density at radius 1 is 0.435 bits per heavy atom. The number of nitrogens with one attached hydrogen (secondary N) is 2.